The quantitative estimate of drug-likeness (QED) is 0.850. The number of aryl methyl sites for hydroxylation is 1. The summed E-state index contributed by atoms with van der Waals surface area (Å²) in [6.07, 6.45) is 2.92. The summed E-state index contributed by atoms with van der Waals surface area (Å²) in [5.41, 5.74) is 5.77. The fraction of sp³-hybridized carbons (Fsp3) is 0.462. The molecule has 2 aromatic rings. The first-order chi connectivity index (χ1) is 9.62. The minimum Gasteiger partial charge on any atom is -0.384 e. The summed E-state index contributed by atoms with van der Waals surface area (Å²) in [6, 6.07) is 1.79. The molecule has 0 bridgehead atoms. The fourth-order valence-corrected chi connectivity index (χ4v) is 2.61. The van der Waals surface area contributed by atoms with Gasteiger partial charge in [-0.2, -0.15) is 0 Å². The van der Waals surface area contributed by atoms with E-state index < -0.39 is 0 Å². The summed E-state index contributed by atoms with van der Waals surface area (Å²) in [7, 11) is 1.60. The van der Waals surface area contributed by atoms with E-state index in [2.05, 4.69) is 27.2 Å². The predicted octanol–water partition coefficient (Wildman–Crippen LogP) is 2.40. The van der Waals surface area contributed by atoms with Gasteiger partial charge in [0.2, 0.25) is 0 Å². The second kappa shape index (κ2) is 6.62. The Balaban J connectivity index is 2.12. The zero-order valence-corrected chi connectivity index (χ0v) is 12.7. The molecular formula is C13H19N5OS. The summed E-state index contributed by atoms with van der Waals surface area (Å²) < 4.78 is 5.03. The number of ether oxygens (including phenoxy) is 1. The Morgan fingerprint density at radius 1 is 1.45 bits per heavy atom. The van der Waals surface area contributed by atoms with E-state index in [1.54, 1.807) is 24.5 Å². The zero-order chi connectivity index (χ0) is 14.5. The second-order valence-electron chi connectivity index (χ2n) is 4.41. The zero-order valence-electron chi connectivity index (χ0n) is 11.9. The van der Waals surface area contributed by atoms with E-state index in [1.165, 1.54) is 4.88 Å². The average molecular weight is 293 g/mol. The van der Waals surface area contributed by atoms with Gasteiger partial charge in [0.25, 0.3) is 0 Å². The van der Waals surface area contributed by atoms with Gasteiger partial charge in [0.1, 0.15) is 23.3 Å². The first kappa shape index (κ1) is 14.7. The molecule has 0 saturated carbocycles. The summed E-state index contributed by atoms with van der Waals surface area (Å²) >= 11 is 1.71. The maximum Gasteiger partial charge on any atom is 0.158 e. The minimum absolute atomic E-state index is 0.0741. The van der Waals surface area contributed by atoms with Crippen molar-refractivity contribution in [2.24, 2.45) is 0 Å². The molecule has 1 unspecified atom stereocenters. The van der Waals surface area contributed by atoms with Crippen molar-refractivity contribution >= 4 is 23.0 Å². The standard InChI is InChI=1S/C13H19N5OS/c1-4-9-6-15-13(20-9)8(2)16-11-5-10(14)17-12(18-11)7-19-3/h5-6,8H,4,7H2,1-3H3,(H3,14,16,17,18). The van der Waals surface area contributed by atoms with E-state index in [0.717, 1.165) is 11.4 Å². The van der Waals surface area contributed by atoms with Crippen LogP contribution in [-0.4, -0.2) is 22.1 Å². The fourth-order valence-electron chi connectivity index (χ4n) is 1.76. The summed E-state index contributed by atoms with van der Waals surface area (Å²) in [4.78, 5) is 14.2. The summed E-state index contributed by atoms with van der Waals surface area (Å²) in [5.74, 6) is 1.68. The van der Waals surface area contributed by atoms with Gasteiger partial charge in [-0.1, -0.05) is 6.92 Å². The Hall–Kier alpha value is -1.73. The topological polar surface area (TPSA) is 86.0 Å². The molecule has 1 atom stereocenters. The first-order valence-corrected chi connectivity index (χ1v) is 7.27. The van der Waals surface area contributed by atoms with Gasteiger partial charge in [0.05, 0.1) is 6.04 Å². The number of anilines is 2. The molecule has 0 amide bonds. The van der Waals surface area contributed by atoms with Gasteiger partial charge in [0, 0.05) is 24.3 Å². The first-order valence-electron chi connectivity index (χ1n) is 6.46. The molecule has 108 valence electrons. The Morgan fingerprint density at radius 3 is 2.90 bits per heavy atom. The molecule has 20 heavy (non-hydrogen) atoms. The van der Waals surface area contributed by atoms with E-state index in [-0.39, 0.29) is 6.04 Å². The van der Waals surface area contributed by atoms with Gasteiger partial charge in [-0.25, -0.2) is 15.0 Å². The lowest BCUT2D eigenvalue weighted by Gasteiger charge is -2.13. The molecule has 6 nitrogen and oxygen atoms in total. The van der Waals surface area contributed by atoms with Crippen LogP contribution in [0.25, 0.3) is 0 Å². The molecule has 0 aliphatic rings. The number of nitrogen functional groups attached to an aromatic ring is 1. The van der Waals surface area contributed by atoms with Gasteiger partial charge in [0.15, 0.2) is 5.82 Å². The van der Waals surface area contributed by atoms with Crippen LogP contribution in [0.1, 0.15) is 35.6 Å². The lowest BCUT2D eigenvalue weighted by molar-refractivity contribution is 0.178. The van der Waals surface area contributed by atoms with E-state index in [1.807, 2.05) is 13.1 Å². The monoisotopic (exact) mass is 293 g/mol. The number of hydrogen-bond donors (Lipinski definition) is 2. The molecule has 0 aliphatic carbocycles. The lowest BCUT2D eigenvalue weighted by atomic mass is 10.3. The van der Waals surface area contributed by atoms with Crippen molar-refractivity contribution in [1.29, 1.82) is 0 Å². The molecule has 2 aromatic heterocycles. The Labute approximate surface area is 122 Å². The molecule has 2 heterocycles. The molecule has 0 saturated heterocycles. The van der Waals surface area contributed by atoms with Crippen LogP contribution < -0.4 is 11.1 Å². The van der Waals surface area contributed by atoms with E-state index >= 15 is 0 Å². The normalized spacial score (nSPS) is 12.3. The number of aromatic nitrogens is 3. The molecule has 0 radical (unpaired) electrons. The SMILES string of the molecule is CCc1cnc(C(C)Nc2cc(N)nc(COC)n2)s1. The Bertz CT molecular complexity index is 572. The molecule has 2 rings (SSSR count). The molecule has 0 spiro atoms. The van der Waals surface area contributed by atoms with Crippen LogP contribution in [0.5, 0.6) is 0 Å². The molecular weight excluding hydrogens is 274 g/mol. The van der Waals surface area contributed by atoms with Crippen LogP contribution in [-0.2, 0) is 17.8 Å². The van der Waals surface area contributed by atoms with Crippen molar-refractivity contribution in [2.45, 2.75) is 32.9 Å². The third kappa shape index (κ3) is 3.64. The molecule has 0 aromatic carbocycles. The van der Waals surface area contributed by atoms with Crippen molar-refractivity contribution in [2.75, 3.05) is 18.2 Å². The van der Waals surface area contributed by atoms with Gasteiger partial charge < -0.3 is 15.8 Å². The van der Waals surface area contributed by atoms with Crippen LogP contribution in [0.2, 0.25) is 0 Å². The van der Waals surface area contributed by atoms with Crippen molar-refractivity contribution in [1.82, 2.24) is 15.0 Å². The van der Waals surface area contributed by atoms with E-state index in [4.69, 9.17) is 10.5 Å². The highest BCUT2D eigenvalue weighted by molar-refractivity contribution is 7.11. The summed E-state index contributed by atoms with van der Waals surface area (Å²) in [5, 5.41) is 4.33. The van der Waals surface area contributed by atoms with Crippen molar-refractivity contribution in [3.63, 3.8) is 0 Å². The minimum atomic E-state index is 0.0741. The van der Waals surface area contributed by atoms with Gasteiger partial charge in [-0.05, 0) is 13.3 Å². The van der Waals surface area contributed by atoms with Crippen LogP contribution >= 0.6 is 11.3 Å². The van der Waals surface area contributed by atoms with Gasteiger partial charge in [-0.15, -0.1) is 11.3 Å². The number of methoxy groups -OCH3 is 1. The molecule has 3 N–H and O–H groups in total. The lowest BCUT2D eigenvalue weighted by Crippen LogP contribution is -2.10. The van der Waals surface area contributed by atoms with Gasteiger partial charge in [-0.3, -0.25) is 0 Å². The number of rotatable bonds is 6. The van der Waals surface area contributed by atoms with Crippen LogP contribution in [0, 0.1) is 0 Å². The average Bonchev–Trinajstić information content (AvgIpc) is 2.87. The molecule has 0 fully saturated rings. The third-order valence-electron chi connectivity index (χ3n) is 2.72. The highest BCUT2D eigenvalue weighted by Gasteiger charge is 2.12. The highest BCUT2D eigenvalue weighted by Crippen LogP contribution is 2.23. The number of hydrogen-bond acceptors (Lipinski definition) is 7. The predicted molar refractivity (Wildman–Crippen MR) is 80.7 cm³/mol. The Morgan fingerprint density at radius 2 is 2.25 bits per heavy atom. The Kier molecular flexibility index (Phi) is 4.86. The number of nitrogens with zero attached hydrogens (tertiary/aromatic N) is 3. The van der Waals surface area contributed by atoms with Crippen molar-refractivity contribution < 1.29 is 4.74 Å². The van der Waals surface area contributed by atoms with Crippen LogP contribution in [0.3, 0.4) is 0 Å². The smallest absolute Gasteiger partial charge is 0.158 e. The molecule has 7 heteroatoms. The third-order valence-corrected chi connectivity index (χ3v) is 4.04. The summed E-state index contributed by atoms with van der Waals surface area (Å²) in [6.45, 7) is 4.51. The highest BCUT2D eigenvalue weighted by atomic mass is 32.1. The molecule has 0 aliphatic heterocycles. The number of thiazole rings is 1. The maximum absolute atomic E-state index is 5.77. The van der Waals surface area contributed by atoms with Crippen molar-refractivity contribution in [3.8, 4) is 0 Å². The number of nitrogens with two attached hydrogens (primary N) is 1. The van der Waals surface area contributed by atoms with E-state index in [9.17, 15) is 0 Å². The van der Waals surface area contributed by atoms with Crippen LogP contribution in [0.4, 0.5) is 11.6 Å². The maximum atomic E-state index is 5.77. The second-order valence-corrected chi connectivity index (χ2v) is 5.56. The van der Waals surface area contributed by atoms with Crippen molar-refractivity contribution in [3.05, 3.63) is 28.0 Å². The van der Waals surface area contributed by atoms with E-state index in [0.29, 0.717) is 24.1 Å². The number of nitrogens with one attached hydrogen (secondary N) is 1. The van der Waals surface area contributed by atoms with Gasteiger partial charge >= 0.3 is 0 Å². The van der Waals surface area contributed by atoms with Crippen LogP contribution in [0.15, 0.2) is 12.3 Å². The largest absolute Gasteiger partial charge is 0.384 e.